The Hall–Kier alpha value is -1.29. The number of likely N-dealkylation sites (tertiary alicyclic amines) is 1. The van der Waals surface area contributed by atoms with Gasteiger partial charge < -0.3 is 14.4 Å². The van der Waals surface area contributed by atoms with Crippen molar-refractivity contribution in [1.82, 2.24) is 9.88 Å². The topological polar surface area (TPSA) is 51.7 Å². The predicted octanol–water partition coefficient (Wildman–Crippen LogP) is 8.54. The number of nitrogens with zero attached hydrogens (tertiary/aromatic N) is 2. The van der Waals surface area contributed by atoms with Crippen molar-refractivity contribution in [3.05, 3.63) is 32.1 Å². The maximum absolute atomic E-state index is 13.5. The Balaban J connectivity index is 1.90. The number of carbonyl (C=O) groups excluding carboxylic acids is 1. The van der Waals surface area contributed by atoms with Crippen molar-refractivity contribution < 1.29 is 40.6 Å². The van der Waals surface area contributed by atoms with E-state index >= 15 is 0 Å². The summed E-state index contributed by atoms with van der Waals surface area (Å²) in [6.45, 7) is 6.24. The standard InChI is InChI=1S/C22H22BrF6IN2O3S/c1-20(2,3)35-19(33)32-6-4-11(5-7-32)18-31-17(15(10-30)36-18)12-8-13(23)16(21(24,25)26)14(9-12)34-22(27,28)29/h8-9,11H,4-7,10H2,1-3H3. The van der Waals surface area contributed by atoms with Crippen LogP contribution in [0, 0.1) is 0 Å². The molecule has 3 rings (SSSR count). The third kappa shape index (κ3) is 7.39. The van der Waals surface area contributed by atoms with Gasteiger partial charge in [-0.2, -0.15) is 13.2 Å². The van der Waals surface area contributed by atoms with E-state index in [1.54, 1.807) is 25.7 Å². The van der Waals surface area contributed by atoms with E-state index in [1.165, 1.54) is 11.3 Å². The summed E-state index contributed by atoms with van der Waals surface area (Å²) in [5.74, 6) is -1.35. The first-order valence-electron chi connectivity index (χ1n) is 10.7. The van der Waals surface area contributed by atoms with Crippen molar-refractivity contribution >= 4 is 56.0 Å². The van der Waals surface area contributed by atoms with Crippen LogP contribution >= 0.6 is 49.9 Å². The second-order valence-corrected chi connectivity index (χ2v) is 11.8. The van der Waals surface area contributed by atoms with Gasteiger partial charge in [0.2, 0.25) is 0 Å². The van der Waals surface area contributed by atoms with Gasteiger partial charge in [-0.25, -0.2) is 9.78 Å². The molecule has 1 aliphatic rings. The maximum atomic E-state index is 13.5. The molecule has 2 aromatic rings. The van der Waals surface area contributed by atoms with Gasteiger partial charge in [0.05, 0.1) is 10.7 Å². The van der Waals surface area contributed by atoms with Gasteiger partial charge in [0.1, 0.15) is 16.9 Å². The predicted molar refractivity (Wildman–Crippen MR) is 134 cm³/mol. The average molecular weight is 715 g/mol. The van der Waals surface area contributed by atoms with Crippen molar-refractivity contribution in [2.24, 2.45) is 0 Å². The van der Waals surface area contributed by atoms with Gasteiger partial charge in [-0.1, -0.05) is 38.5 Å². The molecule has 1 saturated heterocycles. The summed E-state index contributed by atoms with van der Waals surface area (Å²) in [5.41, 5.74) is -1.78. The van der Waals surface area contributed by atoms with Crippen LogP contribution in [0.2, 0.25) is 0 Å². The molecular formula is C22H22BrF6IN2O3S. The fraction of sp³-hybridized carbons (Fsp3) is 0.545. The molecule has 0 saturated carbocycles. The smallest absolute Gasteiger partial charge is 0.444 e. The molecule has 0 bridgehead atoms. The Bertz CT molecular complexity index is 1110. The van der Waals surface area contributed by atoms with E-state index in [2.05, 4.69) is 48.2 Å². The van der Waals surface area contributed by atoms with Gasteiger partial charge in [-0.15, -0.1) is 24.5 Å². The Morgan fingerprint density at radius 1 is 1.17 bits per heavy atom. The number of carbonyl (C=O) groups is 1. The zero-order chi connectivity index (χ0) is 27.1. The van der Waals surface area contributed by atoms with Gasteiger partial charge >= 0.3 is 18.6 Å². The highest BCUT2D eigenvalue weighted by atomic mass is 127. The number of amides is 1. The molecule has 2 heterocycles. The SMILES string of the molecule is CC(C)(C)OC(=O)N1CCC(c2nc(-c3cc(Br)c(C(F)(F)F)c(OC(F)(F)F)c3)c(CI)s2)CC1. The van der Waals surface area contributed by atoms with Crippen molar-refractivity contribution in [3.63, 3.8) is 0 Å². The summed E-state index contributed by atoms with van der Waals surface area (Å²) >= 11 is 6.20. The van der Waals surface area contributed by atoms with Crippen LogP contribution in [0.3, 0.4) is 0 Å². The van der Waals surface area contributed by atoms with E-state index < -0.39 is 40.0 Å². The molecule has 1 aromatic heterocycles. The molecule has 14 heteroatoms. The van der Waals surface area contributed by atoms with Gasteiger partial charge in [0.15, 0.2) is 0 Å². The highest BCUT2D eigenvalue weighted by Gasteiger charge is 2.42. The van der Waals surface area contributed by atoms with Crippen LogP contribution in [0.25, 0.3) is 11.3 Å². The van der Waals surface area contributed by atoms with Crippen LogP contribution in [0.4, 0.5) is 31.1 Å². The van der Waals surface area contributed by atoms with Gasteiger partial charge in [0.25, 0.3) is 0 Å². The van der Waals surface area contributed by atoms with E-state index in [1.807, 2.05) is 0 Å². The lowest BCUT2D eigenvalue weighted by molar-refractivity contribution is -0.276. The van der Waals surface area contributed by atoms with E-state index in [0.717, 1.165) is 17.1 Å². The molecular weight excluding hydrogens is 693 g/mol. The van der Waals surface area contributed by atoms with Crippen LogP contribution in [-0.4, -0.2) is 41.0 Å². The Labute approximate surface area is 229 Å². The molecule has 36 heavy (non-hydrogen) atoms. The van der Waals surface area contributed by atoms with Crippen LogP contribution in [-0.2, 0) is 15.3 Å². The Morgan fingerprint density at radius 3 is 2.28 bits per heavy atom. The number of halogens is 8. The fourth-order valence-corrected chi connectivity index (χ4v) is 6.30. The highest BCUT2D eigenvalue weighted by molar-refractivity contribution is 14.1. The Morgan fingerprint density at radius 2 is 1.78 bits per heavy atom. The fourth-order valence-electron chi connectivity index (χ4n) is 3.69. The largest absolute Gasteiger partial charge is 0.573 e. The third-order valence-corrected chi connectivity index (χ3v) is 8.29. The minimum Gasteiger partial charge on any atom is -0.444 e. The number of piperidine rings is 1. The van der Waals surface area contributed by atoms with Crippen molar-refractivity contribution in [2.75, 3.05) is 13.1 Å². The van der Waals surface area contributed by atoms with Crippen LogP contribution in [0.5, 0.6) is 5.75 Å². The summed E-state index contributed by atoms with van der Waals surface area (Å²) in [5, 5.41) is 0.717. The highest BCUT2D eigenvalue weighted by Crippen LogP contribution is 2.46. The summed E-state index contributed by atoms with van der Waals surface area (Å²) in [6, 6.07) is 1.83. The molecule has 1 amide bonds. The van der Waals surface area contributed by atoms with E-state index in [4.69, 9.17) is 4.74 Å². The number of hydrogen-bond acceptors (Lipinski definition) is 5. The molecule has 0 N–H and O–H groups in total. The summed E-state index contributed by atoms with van der Waals surface area (Å²) < 4.78 is 88.1. The number of aromatic nitrogens is 1. The van der Waals surface area contributed by atoms with Gasteiger partial charge in [-0.3, -0.25) is 0 Å². The summed E-state index contributed by atoms with van der Waals surface area (Å²) in [7, 11) is 0. The van der Waals surface area contributed by atoms with Crippen LogP contribution in [0.15, 0.2) is 16.6 Å². The molecule has 0 atom stereocenters. The van der Waals surface area contributed by atoms with Crippen molar-refractivity contribution in [3.8, 4) is 17.0 Å². The number of hydrogen-bond donors (Lipinski definition) is 0. The van der Waals surface area contributed by atoms with Crippen LogP contribution < -0.4 is 4.74 Å². The zero-order valence-corrected chi connectivity index (χ0v) is 23.9. The molecule has 200 valence electrons. The quantitative estimate of drug-likeness (QED) is 0.181. The van der Waals surface area contributed by atoms with Crippen molar-refractivity contribution in [1.29, 1.82) is 0 Å². The van der Waals surface area contributed by atoms with Gasteiger partial charge in [-0.05, 0) is 45.7 Å². The number of thiazole rings is 1. The molecule has 1 aliphatic heterocycles. The molecule has 5 nitrogen and oxygen atoms in total. The van der Waals surface area contributed by atoms with E-state index in [0.29, 0.717) is 40.9 Å². The Kier molecular flexibility index (Phi) is 8.80. The lowest BCUT2D eigenvalue weighted by atomic mass is 9.98. The molecule has 0 aliphatic carbocycles. The first kappa shape index (κ1) is 29.3. The minimum atomic E-state index is -5.31. The minimum absolute atomic E-state index is 0.00655. The first-order valence-corrected chi connectivity index (χ1v) is 13.8. The second-order valence-electron chi connectivity index (χ2n) is 9.08. The second kappa shape index (κ2) is 10.8. The monoisotopic (exact) mass is 714 g/mol. The average Bonchev–Trinajstić information content (AvgIpc) is 3.14. The number of ether oxygens (including phenoxy) is 2. The number of benzene rings is 1. The van der Waals surface area contributed by atoms with Gasteiger partial charge in [0, 0.05) is 38.3 Å². The van der Waals surface area contributed by atoms with Crippen molar-refractivity contribution in [2.45, 2.75) is 62.1 Å². The molecule has 1 aromatic carbocycles. The third-order valence-electron chi connectivity index (χ3n) is 5.17. The van der Waals surface area contributed by atoms with E-state index in [-0.39, 0.29) is 11.5 Å². The normalized spacial score (nSPS) is 15.8. The maximum Gasteiger partial charge on any atom is 0.573 e. The number of alkyl halides is 7. The lowest BCUT2D eigenvalue weighted by Gasteiger charge is -2.32. The zero-order valence-electron chi connectivity index (χ0n) is 19.3. The van der Waals surface area contributed by atoms with Crippen LogP contribution in [0.1, 0.15) is 55.0 Å². The number of rotatable bonds is 4. The summed E-state index contributed by atoms with van der Waals surface area (Å²) in [6.07, 6.45) is -9.57. The molecule has 1 fully saturated rings. The molecule has 0 unspecified atom stereocenters. The molecule has 0 spiro atoms. The first-order chi connectivity index (χ1) is 16.5. The molecule has 0 radical (unpaired) electrons. The lowest BCUT2D eigenvalue weighted by Crippen LogP contribution is -2.41. The van der Waals surface area contributed by atoms with E-state index in [9.17, 15) is 31.1 Å². The summed E-state index contributed by atoms with van der Waals surface area (Å²) in [4.78, 5) is 19.3.